The summed E-state index contributed by atoms with van der Waals surface area (Å²) in [5.41, 5.74) is -0.0456. The van der Waals surface area contributed by atoms with Crippen molar-refractivity contribution in [3.63, 3.8) is 0 Å². The minimum absolute atomic E-state index is 0.0520. The molecule has 3 aliphatic heterocycles. The molecular weight excluding hydrogens is 442 g/mol. The first-order valence-corrected chi connectivity index (χ1v) is 12.5. The number of sulfonamides is 1. The lowest BCUT2D eigenvalue weighted by Gasteiger charge is -2.43. The number of ketones is 1. The van der Waals surface area contributed by atoms with Crippen LogP contribution in [0.5, 0.6) is 17.2 Å². The van der Waals surface area contributed by atoms with Crippen LogP contribution in [0.4, 0.5) is 0 Å². The molecule has 0 unspecified atom stereocenters. The van der Waals surface area contributed by atoms with Crippen LogP contribution in [0.25, 0.3) is 10.8 Å². The smallest absolute Gasteiger partial charge is 0.243 e. The zero-order chi connectivity index (χ0) is 22.6. The highest BCUT2D eigenvalue weighted by molar-refractivity contribution is 7.89. The monoisotopic (exact) mass is 465 g/mol. The van der Waals surface area contributed by atoms with Gasteiger partial charge in [-0.1, -0.05) is 30.3 Å². The Morgan fingerprint density at radius 3 is 2.39 bits per heavy atom. The van der Waals surface area contributed by atoms with Gasteiger partial charge in [-0.2, -0.15) is 4.31 Å². The standard InChI is InChI=1S/C25H23NO6S/c27-20-16-25(32-22-7-5-17-3-1-2-4-19(17)24(20)22)9-11-26(12-10-25)33(28,29)18-6-8-21-23(15-18)31-14-13-30-21/h1-8,15H,9-14,16H2. The number of hydrogen-bond acceptors (Lipinski definition) is 6. The molecule has 3 aromatic carbocycles. The average Bonchev–Trinajstić information content (AvgIpc) is 2.83. The first-order valence-electron chi connectivity index (χ1n) is 11.1. The summed E-state index contributed by atoms with van der Waals surface area (Å²) in [5.74, 6) is 1.64. The average molecular weight is 466 g/mol. The van der Waals surface area contributed by atoms with Gasteiger partial charge >= 0.3 is 0 Å². The number of hydrogen-bond donors (Lipinski definition) is 0. The summed E-state index contributed by atoms with van der Waals surface area (Å²) < 4.78 is 45.5. The van der Waals surface area contributed by atoms with Crippen LogP contribution >= 0.6 is 0 Å². The number of carbonyl (C=O) groups excluding carboxylic acids is 1. The van der Waals surface area contributed by atoms with Gasteiger partial charge in [-0.05, 0) is 29.0 Å². The van der Waals surface area contributed by atoms with E-state index in [0.717, 1.165) is 10.8 Å². The van der Waals surface area contributed by atoms with Crippen molar-refractivity contribution in [2.45, 2.75) is 29.8 Å². The number of nitrogens with zero attached hydrogens (tertiary/aromatic N) is 1. The van der Waals surface area contributed by atoms with Crippen molar-refractivity contribution >= 4 is 26.6 Å². The summed E-state index contributed by atoms with van der Waals surface area (Å²) in [6.45, 7) is 1.41. The SMILES string of the molecule is O=C1CC2(CCN(S(=O)(=O)c3ccc4c(c3)OCCO4)CC2)Oc2ccc3ccccc3c21. The van der Waals surface area contributed by atoms with Crippen molar-refractivity contribution in [1.82, 2.24) is 4.31 Å². The lowest BCUT2D eigenvalue weighted by Crippen LogP contribution is -2.52. The van der Waals surface area contributed by atoms with Crippen LogP contribution in [0.3, 0.4) is 0 Å². The quantitative estimate of drug-likeness (QED) is 0.573. The molecule has 1 saturated heterocycles. The molecule has 6 rings (SSSR count). The summed E-state index contributed by atoms with van der Waals surface area (Å²) >= 11 is 0. The Bertz CT molecular complexity index is 1370. The number of rotatable bonds is 2. The van der Waals surface area contributed by atoms with E-state index in [4.69, 9.17) is 14.2 Å². The van der Waals surface area contributed by atoms with E-state index < -0.39 is 15.6 Å². The second-order valence-electron chi connectivity index (χ2n) is 8.75. The van der Waals surface area contributed by atoms with E-state index in [0.29, 0.717) is 48.9 Å². The van der Waals surface area contributed by atoms with Gasteiger partial charge in [0.1, 0.15) is 24.6 Å². The third-order valence-corrected chi connectivity index (χ3v) is 8.66. The van der Waals surface area contributed by atoms with Crippen molar-refractivity contribution in [2.75, 3.05) is 26.3 Å². The van der Waals surface area contributed by atoms with E-state index in [9.17, 15) is 13.2 Å². The maximum atomic E-state index is 13.3. The van der Waals surface area contributed by atoms with Gasteiger partial charge in [0.05, 0.1) is 16.9 Å². The first kappa shape index (κ1) is 20.5. The van der Waals surface area contributed by atoms with E-state index in [1.807, 2.05) is 36.4 Å². The van der Waals surface area contributed by atoms with Crippen molar-refractivity contribution in [1.29, 1.82) is 0 Å². The van der Waals surface area contributed by atoms with Crippen LogP contribution in [-0.2, 0) is 10.0 Å². The Kier molecular flexibility index (Phi) is 4.64. The maximum Gasteiger partial charge on any atom is 0.243 e. The van der Waals surface area contributed by atoms with Crippen molar-refractivity contribution in [3.8, 4) is 17.2 Å². The molecule has 1 fully saturated rings. The summed E-state index contributed by atoms with van der Waals surface area (Å²) in [5, 5.41) is 1.90. The molecule has 0 saturated carbocycles. The third-order valence-electron chi connectivity index (χ3n) is 6.76. The van der Waals surface area contributed by atoms with Crippen LogP contribution < -0.4 is 14.2 Å². The summed E-state index contributed by atoms with van der Waals surface area (Å²) in [4.78, 5) is 13.4. The normalized spacial score (nSPS) is 19.8. The molecule has 0 atom stereocenters. The molecule has 0 bridgehead atoms. The summed E-state index contributed by atoms with van der Waals surface area (Å²) in [7, 11) is -3.70. The molecule has 33 heavy (non-hydrogen) atoms. The van der Waals surface area contributed by atoms with Crippen LogP contribution in [0.2, 0.25) is 0 Å². The molecular formula is C25H23NO6S. The molecule has 1 spiro atoms. The predicted molar refractivity (Wildman–Crippen MR) is 122 cm³/mol. The van der Waals surface area contributed by atoms with Gasteiger partial charge in [0.2, 0.25) is 10.0 Å². The molecule has 3 aromatic rings. The minimum atomic E-state index is -3.70. The lowest BCUT2D eigenvalue weighted by atomic mass is 9.82. The van der Waals surface area contributed by atoms with Crippen LogP contribution in [0.1, 0.15) is 29.6 Å². The van der Waals surface area contributed by atoms with Gasteiger partial charge in [0.15, 0.2) is 17.3 Å². The van der Waals surface area contributed by atoms with E-state index in [1.165, 1.54) is 10.4 Å². The number of piperidine rings is 1. The highest BCUT2D eigenvalue weighted by Gasteiger charge is 2.45. The zero-order valence-corrected chi connectivity index (χ0v) is 18.8. The Hall–Kier alpha value is -3.10. The predicted octanol–water partition coefficient (Wildman–Crippen LogP) is 3.80. The minimum Gasteiger partial charge on any atom is -0.486 e. The lowest BCUT2D eigenvalue weighted by molar-refractivity contribution is 0.00621. The van der Waals surface area contributed by atoms with E-state index in [2.05, 4.69) is 0 Å². The van der Waals surface area contributed by atoms with Gasteiger partial charge < -0.3 is 14.2 Å². The Balaban J connectivity index is 1.24. The van der Waals surface area contributed by atoms with Gasteiger partial charge in [0.25, 0.3) is 0 Å². The van der Waals surface area contributed by atoms with Crippen molar-refractivity contribution < 1.29 is 27.4 Å². The summed E-state index contributed by atoms with van der Waals surface area (Å²) in [6.07, 6.45) is 1.16. The Morgan fingerprint density at radius 1 is 0.848 bits per heavy atom. The van der Waals surface area contributed by atoms with Gasteiger partial charge in [-0.15, -0.1) is 0 Å². The first-order chi connectivity index (χ1) is 16.0. The fraction of sp³-hybridized carbons (Fsp3) is 0.320. The van der Waals surface area contributed by atoms with Crippen LogP contribution in [0.15, 0.2) is 59.5 Å². The second-order valence-corrected chi connectivity index (χ2v) is 10.7. The molecule has 0 aromatic heterocycles. The van der Waals surface area contributed by atoms with E-state index in [1.54, 1.807) is 12.1 Å². The molecule has 170 valence electrons. The second kappa shape index (κ2) is 7.46. The maximum absolute atomic E-state index is 13.3. The zero-order valence-electron chi connectivity index (χ0n) is 18.0. The number of carbonyl (C=O) groups is 1. The molecule has 3 heterocycles. The number of ether oxygens (including phenoxy) is 3. The topological polar surface area (TPSA) is 82.1 Å². The largest absolute Gasteiger partial charge is 0.486 e. The van der Waals surface area contributed by atoms with Gasteiger partial charge in [-0.25, -0.2) is 8.42 Å². The Labute approximate surface area is 191 Å². The van der Waals surface area contributed by atoms with E-state index >= 15 is 0 Å². The molecule has 3 aliphatic rings. The third kappa shape index (κ3) is 3.36. The molecule has 0 amide bonds. The fourth-order valence-corrected chi connectivity index (χ4v) is 6.48. The molecule has 0 aliphatic carbocycles. The number of fused-ring (bicyclic) bond motifs is 4. The fourth-order valence-electron chi connectivity index (χ4n) is 5.02. The van der Waals surface area contributed by atoms with E-state index in [-0.39, 0.29) is 30.2 Å². The number of benzene rings is 3. The van der Waals surface area contributed by atoms with Crippen molar-refractivity contribution in [3.05, 3.63) is 60.2 Å². The van der Waals surface area contributed by atoms with Gasteiger partial charge in [-0.3, -0.25) is 4.79 Å². The van der Waals surface area contributed by atoms with Crippen LogP contribution in [0, 0.1) is 0 Å². The molecule has 0 radical (unpaired) electrons. The molecule has 8 heteroatoms. The molecule has 7 nitrogen and oxygen atoms in total. The Morgan fingerprint density at radius 2 is 1.58 bits per heavy atom. The van der Waals surface area contributed by atoms with Gasteiger partial charge in [0, 0.05) is 32.0 Å². The highest BCUT2D eigenvalue weighted by Crippen LogP contribution is 2.43. The number of Topliss-reactive ketones (excluding diaryl/α,β-unsaturated/α-hetero) is 1. The van der Waals surface area contributed by atoms with Crippen LogP contribution in [-0.4, -0.2) is 50.4 Å². The highest BCUT2D eigenvalue weighted by atomic mass is 32.2. The molecule has 0 N–H and O–H groups in total. The van der Waals surface area contributed by atoms with Crippen molar-refractivity contribution in [2.24, 2.45) is 0 Å². The summed E-state index contributed by atoms with van der Waals surface area (Å²) in [6, 6.07) is 16.3.